The van der Waals surface area contributed by atoms with Gasteiger partial charge in [-0.25, -0.2) is 0 Å². The maximum absolute atomic E-state index is 14.5. The van der Waals surface area contributed by atoms with E-state index in [2.05, 4.69) is 10.3 Å². The van der Waals surface area contributed by atoms with E-state index >= 15 is 0 Å². The Morgan fingerprint density at radius 2 is 1.56 bits per heavy atom. The highest BCUT2D eigenvalue weighted by Crippen LogP contribution is 2.33. The largest absolute Gasteiger partial charge is 0.378 e. The van der Waals surface area contributed by atoms with Crippen molar-refractivity contribution in [3.8, 4) is 0 Å². The zero-order valence-electron chi connectivity index (χ0n) is 25.3. The van der Waals surface area contributed by atoms with Crippen LogP contribution in [0.5, 0.6) is 0 Å². The lowest BCUT2D eigenvalue weighted by atomic mass is 10.0. The molecule has 1 aliphatic heterocycles. The Balaban J connectivity index is 1.43. The van der Waals surface area contributed by atoms with Gasteiger partial charge in [0.2, 0.25) is 5.91 Å². The van der Waals surface area contributed by atoms with E-state index in [0.29, 0.717) is 16.9 Å². The third-order valence-electron chi connectivity index (χ3n) is 8.22. The Labute approximate surface area is 261 Å². The molecule has 1 atom stereocenters. The second-order valence-corrected chi connectivity index (χ2v) is 11.3. The molecular formula is C36H33N5O4. The van der Waals surface area contributed by atoms with Crippen LogP contribution in [0.1, 0.15) is 33.1 Å². The molecule has 1 aromatic heterocycles. The summed E-state index contributed by atoms with van der Waals surface area (Å²) in [6, 6.07) is 28.3. The molecule has 0 aliphatic carbocycles. The minimum Gasteiger partial charge on any atom is -0.378 e. The van der Waals surface area contributed by atoms with Crippen LogP contribution in [0.15, 0.2) is 103 Å². The molecule has 2 N–H and O–H groups in total. The number of fused-ring (bicyclic) bond motifs is 2. The number of Topliss-reactive ketones (excluding diaryl/α,β-unsaturated/α-hetero) is 1. The van der Waals surface area contributed by atoms with Gasteiger partial charge >= 0.3 is 0 Å². The van der Waals surface area contributed by atoms with Crippen molar-refractivity contribution in [2.45, 2.75) is 19.5 Å². The summed E-state index contributed by atoms with van der Waals surface area (Å²) in [5.74, 6) is -2.32. The lowest BCUT2D eigenvalue weighted by Gasteiger charge is -2.33. The van der Waals surface area contributed by atoms with Gasteiger partial charge in [0.25, 0.3) is 17.6 Å². The minimum atomic E-state index is -1.08. The predicted octanol–water partition coefficient (Wildman–Crippen LogP) is 5.48. The van der Waals surface area contributed by atoms with E-state index in [1.165, 1.54) is 9.80 Å². The number of rotatable bonds is 9. The smallest absolute Gasteiger partial charge is 0.299 e. The van der Waals surface area contributed by atoms with E-state index in [1.54, 1.807) is 30.5 Å². The fourth-order valence-corrected chi connectivity index (χ4v) is 5.75. The molecule has 1 aliphatic rings. The SMILES string of the molecule is Cc1ccccc1CN(C(=O)CN1C(=O)C(=O)c2ccccc21)C(C(=O)Nc1ccc(N(C)C)cc1)c1c[nH]c2ccccc12. The Hall–Kier alpha value is -5.70. The summed E-state index contributed by atoms with van der Waals surface area (Å²) in [6.45, 7) is 1.64. The standard InChI is InChI=1S/C36H33N5O4/c1-23-10-4-5-11-24(23)21-41(32(42)22-40-31-15-9-7-13-28(31)34(43)36(40)45)33(29-20-37-30-14-8-6-12-27(29)30)35(44)38-25-16-18-26(19-17-25)39(2)3/h4-20,33,37H,21-22H2,1-3H3,(H,38,44). The number of hydrogen-bond acceptors (Lipinski definition) is 5. The van der Waals surface area contributed by atoms with Gasteiger partial charge in [-0.1, -0.05) is 54.6 Å². The number of ketones is 1. The number of benzene rings is 4. The number of aromatic amines is 1. The topological polar surface area (TPSA) is 106 Å². The first-order chi connectivity index (χ1) is 21.7. The highest BCUT2D eigenvalue weighted by atomic mass is 16.2. The number of aromatic nitrogens is 1. The van der Waals surface area contributed by atoms with Crippen molar-refractivity contribution in [1.82, 2.24) is 9.88 Å². The molecule has 0 saturated heterocycles. The van der Waals surface area contributed by atoms with Crippen molar-refractivity contribution in [2.24, 2.45) is 0 Å². The first-order valence-corrected chi connectivity index (χ1v) is 14.7. The molecule has 226 valence electrons. The van der Waals surface area contributed by atoms with Crippen LogP contribution in [-0.2, 0) is 20.9 Å². The van der Waals surface area contributed by atoms with E-state index in [9.17, 15) is 19.2 Å². The quantitative estimate of drug-likeness (QED) is 0.218. The molecule has 9 heteroatoms. The monoisotopic (exact) mass is 599 g/mol. The van der Waals surface area contributed by atoms with Crippen LogP contribution in [-0.4, -0.2) is 54.0 Å². The summed E-state index contributed by atoms with van der Waals surface area (Å²) in [7, 11) is 3.87. The lowest BCUT2D eigenvalue weighted by molar-refractivity contribution is -0.139. The van der Waals surface area contributed by atoms with Crippen LogP contribution in [0.2, 0.25) is 0 Å². The Kier molecular flexibility index (Phi) is 7.91. The van der Waals surface area contributed by atoms with Gasteiger partial charge in [0, 0.05) is 54.7 Å². The number of hydrogen-bond donors (Lipinski definition) is 2. The number of H-pyrrole nitrogens is 1. The van der Waals surface area contributed by atoms with Crippen LogP contribution in [0, 0.1) is 6.92 Å². The van der Waals surface area contributed by atoms with Gasteiger partial charge < -0.3 is 20.1 Å². The summed E-state index contributed by atoms with van der Waals surface area (Å²) < 4.78 is 0. The highest BCUT2D eigenvalue weighted by Gasteiger charge is 2.40. The van der Waals surface area contributed by atoms with E-state index in [0.717, 1.165) is 27.7 Å². The maximum atomic E-state index is 14.5. The average molecular weight is 600 g/mol. The molecule has 2 heterocycles. The number of amides is 3. The molecule has 45 heavy (non-hydrogen) atoms. The van der Waals surface area contributed by atoms with Crippen molar-refractivity contribution >= 4 is 51.5 Å². The van der Waals surface area contributed by atoms with Crippen molar-refractivity contribution in [3.63, 3.8) is 0 Å². The number of aryl methyl sites for hydroxylation is 1. The zero-order valence-corrected chi connectivity index (χ0v) is 25.3. The van der Waals surface area contributed by atoms with Gasteiger partial charge in [-0.15, -0.1) is 0 Å². The number of anilines is 3. The number of para-hydroxylation sites is 2. The van der Waals surface area contributed by atoms with Gasteiger partial charge in [-0.05, 0) is 60.5 Å². The fourth-order valence-electron chi connectivity index (χ4n) is 5.75. The summed E-state index contributed by atoms with van der Waals surface area (Å²) in [5, 5.41) is 3.81. The van der Waals surface area contributed by atoms with Gasteiger partial charge in [0.1, 0.15) is 12.6 Å². The van der Waals surface area contributed by atoms with Crippen molar-refractivity contribution in [1.29, 1.82) is 0 Å². The number of nitrogens with one attached hydrogen (secondary N) is 2. The molecule has 3 amide bonds. The van der Waals surface area contributed by atoms with Crippen LogP contribution >= 0.6 is 0 Å². The first kappa shape index (κ1) is 29.4. The molecule has 1 unspecified atom stereocenters. The molecule has 9 nitrogen and oxygen atoms in total. The van der Waals surface area contributed by atoms with E-state index in [1.807, 2.05) is 98.7 Å². The van der Waals surface area contributed by atoms with Crippen LogP contribution in [0.4, 0.5) is 17.1 Å². The third kappa shape index (κ3) is 5.68. The van der Waals surface area contributed by atoms with Gasteiger partial charge in [0.05, 0.1) is 11.3 Å². The average Bonchev–Trinajstić information content (AvgIpc) is 3.57. The maximum Gasteiger partial charge on any atom is 0.299 e. The second kappa shape index (κ2) is 12.1. The second-order valence-electron chi connectivity index (χ2n) is 11.3. The van der Waals surface area contributed by atoms with Crippen LogP contribution in [0.25, 0.3) is 10.9 Å². The number of nitrogens with zero attached hydrogens (tertiary/aromatic N) is 3. The molecule has 4 aromatic carbocycles. The Bertz CT molecular complexity index is 1930. The van der Waals surface area contributed by atoms with E-state index < -0.39 is 36.1 Å². The predicted molar refractivity (Wildman–Crippen MR) is 175 cm³/mol. The van der Waals surface area contributed by atoms with Crippen molar-refractivity contribution in [2.75, 3.05) is 35.8 Å². The highest BCUT2D eigenvalue weighted by molar-refractivity contribution is 6.52. The zero-order chi connectivity index (χ0) is 31.7. The van der Waals surface area contributed by atoms with Gasteiger partial charge in [-0.2, -0.15) is 0 Å². The molecule has 0 bridgehead atoms. The molecular weight excluding hydrogens is 566 g/mol. The van der Waals surface area contributed by atoms with Crippen molar-refractivity contribution in [3.05, 3.63) is 126 Å². The normalized spacial score (nSPS) is 13.1. The minimum absolute atomic E-state index is 0.0975. The van der Waals surface area contributed by atoms with Crippen LogP contribution in [0.3, 0.4) is 0 Å². The van der Waals surface area contributed by atoms with E-state index in [4.69, 9.17) is 0 Å². The van der Waals surface area contributed by atoms with Crippen molar-refractivity contribution < 1.29 is 19.2 Å². The van der Waals surface area contributed by atoms with Crippen LogP contribution < -0.4 is 15.1 Å². The Morgan fingerprint density at radius 1 is 0.867 bits per heavy atom. The lowest BCUT2D eigenvalue weighted by Crippen LogP contribution is -2.46. The summed E-state index contributed by atoms with van der Waals surface area (Å²) in [4.78, 5) is 62.6. The molecule has 6 rings (SSSR count). The summed E-state index contributed by atoms with van der Waals surface area (Å²) in [6.07, 6.45) is 1.75. The number of carbonyl (C=O) groups excluding carboxylic acids is 4. The molecule has 0 spiro atoms. The van der Waals surface area contributed by atoms with Gasteiger partial charge in [0.15, 0.2) is 0 Å². The molecule has 5 aromatic rings. The molecule has 0 fully saturated rings. The fraction of sp³-hybridized carbons (Fsp3) is 0.167. The first-order valence-electron chi connectivity index (χ1n) is 14.7. The van der Waals surface area contributed by atoms with E-state index in [-0.39, 0.29) is 12.1 Å². The molecule has 0 radical (unpaired) electrons. The third-order valence-corrected chi connectivity index (χ3v) is 8.22. The number of carbonyl (C=O) groups is 4. The summed E-state index contributed by atoms with van der Waals surface area (Å²) in [5.41, 5.74) is 5.42. The van der Waals surface area contributed by atoms with Gasteiger partial charge in [-0.3, -0.25) is 24.1 Å². The summed E-state index contributed by atoms with van der Waals surface area (Å²) >= 11 is 0. The Morgan fingerprint density at radius 3 is 2.31 bits per heavy atom. The molecule has 0 saturated carbocycles.